The maximum atomic E-state index is 11.1. The molecule has 0 fully saturated rings. The van der Waals surface area contributed by atoms with Gasteiger partial charge in [0.25, 0.3) is 0 Å². The lowest BCUT2D eigenvalue weighted by Gasteiger charge is -2.08. The summed E-state index contributed by atoms with van der Waals surface area (Å²) in [5.41, 5.74) is 8.07. The van der Waals surface area contributed by atoms with Crippen LogP contribution >= 0.6 is 0 Å². The van der Waals surface area contributed by atoms with Gasteiger partial charge >= 0.3 is 5.97 Å². The van der Waals surface area contributed by atoms with Crippen molar-refractivity contribution in [1.29, 1.82) is 0 Å². The first-order valence-corrected chi connectivity index (χ1v) is 7.13. The minimum absolute atomic E-state index is 0.0460. The molecule has 0 bridgehead atoms. The zero-order valence-electron chi connectivity index (χ0n) is 12.2. The molecule has 116 valence electrons. The Kier molecular flexibility index (Phi) is 13.2. The van der Waals surface area contributed by atoms with Gasteiger partial charge in [-0.15, -0.1) is 0 Å². The molecule has 0 radical (unpaired) electrons. The largest absolute Gasteiger partial charge is 0.466 e. The fraction of sp³-hybridized carbons (Fsp3) is 0.923. The Labute approximate surface area is 119 Å². The SMILES string of the molecule is CCOC(=O)CCCCCCCOCC(O)CN=[N+]=[N-]. The van der Waals surface area contributed by atoms with Crippen molar-refractivity contribution in [3.63, 3.8) is 0 Å². The number of aliphatic hydroxyl groups is 1. The van der Waals surface area contributed by atoms with Crippen LogP contribution in [0.4, 0.5) is 0 Å². The average Bonchev–Trinajstić information content (AvgIpc) is 2.43. The van der Waals surface area contributed by atoms with E-state index < -0.39 is 6.10 Å². The third kappa shape index (κ3) is 13.1. The monoisotopic (exact) mass is 287 g/mol. The van der Waals surface area contributed by atoms with E-state index in [9.17, 15) is 9.90 Å². The molecule has 0 heterocycles. The van der Waals surface area contributed by atoms with Crippen molar-refractivity contribution in [1.82, 2.24) is 0 Å². The van der Waals surface area contributed by atoms with Gasteiger partial charge in [-0.1, -0.05) is 24.4 Å². The summed E-state index contributed by atoms with van der Waals surface area (Å²) in [5.74, 6) is -0.121. The summed E-state index contributed by atoms with van der Waals surface area (Å²) in [4.78, 5) is 13.6. The van der Waals surface area contributed by atoms with Gasteiger partial charge in [0.1, 0.15) is 0 Å². The lowest BCUT2D eigenvalue weighted by molar-refractivity contribution is -0.143. The summed E-state index contributed by atoms with van der Waals surface area (Å²) in [6.45, 7) is 3.08. The lowest BCUT2D eigenvalue weighted by Crippen LogP contribution is -2.18. The molecule has 7 heteroatoms. The molecule has 1 atom stereocenters. The predicted molar refractivity (Wildman–Crippen MR) is 75.2 cm³/mol. The molecule has 0 aromatic heterocycles. The third-order valence-corrected chi connectivity index (χ3v) is 2.64. The van der Waals surface area contributed by atoms with Crippen LogP contribution in [0.3, 0.4) is 0 Å². The summed E-state index contributed by atoms with van der Waals surface area (Å²) < 4.78 is 10.1. The quantitative estimate of drug-likeness (QED) is 0.185. The van der Waals surface area contributed by atoms with Gasteiger partial charge in [0.15, 0.2) is 0 Å². The fourth-order valence-corrected chi connectivity index (χ4v) is 1.64. The van der Waals surface area contributed by atoms with E-state index in [4.69, 9.17) is 15.0 Å². The number of hydrogen-bond donors (Lipinski definition) is 1. The average molecular weight is 287 g/mol. The van der Waals surface area contributed by atoms with Crippen molar-refractivity contribution in [2.45, 2.75) is 51.6 Å². The van der Waals surface area contributed by atoms with Crippen LogP contribution in [-0.4, -0.2) is 43.5 Å². The number of nitrogens with zero attached hydrogens (tertiary/aromatic N) is 3. The molecule has 7 nitrogen and oxygen atoms in total. The molecule has 0 aromatic rings. The Morgan fingerprint density at radius 2 is 2.00 bits per heavy atom. The molecule has 20 heavy (non-hydrogen) atoms. The zero-order valence-corrected chi connectivity index (χ0v) is 12.2. The van der Waals surface area contributed by atoms with Crippen LogP contribution in [-0.2, 0) is 14.3 Å². The molecule has 0 aromatic carbocycles. The number of carbonyl (C=O) groups excluding carboxylic acids is 1. The Morgan fingerprint density at radius 3 is 2.70 bits per heavy atom. The van der Waals surface area contributed by atoms with Crippen LogP contribution in [0.25, 0.3) is 10.4 Å². The van der Waals surface area contributed by atoms with E-state index in [2.05, 4.69) is 10.0 Å². The number of rotatable bonds is 13. The molecule has 0 aliphatic rings. The number of esters is 1. The molecule has 0 saturated carbocycles. The van der Waals surface area contributed by atoms with Crippen molar-refractivity contribution < 1.29 is 19.4 Å². The van der Waals surface area contributed by atoms with Gasteiger partial charge in [-0.05, 0) is 25.3 Å². The molecular formula is C13H25N3O4. The summed E-state index contributed by atoms with van der Waals surface area (Å²) in [7, 11) is 0. The number of aliphatic hydroxyl groups excluding tert-OH is 1. The second kappa shape index (κ2) is 14.1. The van der Waals surface area contributed by atoms with E-state index in [0.29, 0.717) is 19.6 Å². The summed E-state index contributed by atoms with van der Waals surface area (Å²) in [6.07, 6.45) is 4.67. The standard InChI is InChI=1S/C13H25N3O4/c1-2-20-13(18)8-6-4-3-5-7-9-19-11-12(17)10-15-16-14/h12,17H,2-11H2,1H3. The van der Waals surface area contributed by atoms with Crippen LogP contribution in [0, 0.1) is 0 Å². The van der Waals surface area contributed by atoms with E-state index in [-0.39, 0.29) is 19.1 Å². The number of hydrogen-bond acceptors (Lipinski definition) is 5. The zero-order chi connectivity index (χ0) is 15.1. The van der Waals surface area contributed by atoms with Gasteiger partial charge < -0.3 is 14.6 Å². The highest BCUT2D eigenvalue weighted by atomic mass is 16.5. The van der Waals surface area contributed by atoms with E-state index in [1.165, 1.54) is 0 Å². The smallest absolute Gasteiger partial charge is 0.305 e. The van der Waals surface area contributed by atoms with Crippen molar-refractivity contribution in [3.05, 3.63) is 10.4 Å². The maximum absolute atomic E-state index is 11.1. The van der Waals surface area contributed by atoms with E-state index in [0.717, 1.165) is 32.1 Å². The second-order valence-electron chi connectivity index (χ2n) is 4.46. The molecular weight excluding hydrogens is 262 g/mol. The minimum Gasteiger partial charge on any atom is -0.466 e. The third-order valence-electron chi connectivity index (χ3n) is 2.64. The highest BCUT2D eigenvalue weighted by Gasteiger charge is 2.02. The highest BCUT2D eigenvalue weighted by Crippen LogP contribution is 2.06. The summed E-state index contributed by atoms with van der Waals surface area (Å²) >= 11 is 0. The topological polar surface area (TPSA) is 105 Å². The molecule has 0 aliphatic heterocycles. The number of carbonyl (C=O) groups is 1. The van der Waals surface area contributed by atoms with Crippen LogP contribution in [0.15, 0.2) is 5.11 Å². The van der Waals surface area contributed by atoms with E-state index in [1.54, 1.807) is 0 Å². The van der Waals surface area contributed by atoms with Crippen molar-refractivity contribution in [2.75, 3.05) is 26.4 Å². The van der Waals surface area contributed by atoms with Crippen LogP contribution in [0.2, 0.25) is 0 Å². The van der Waals surface area contributed by atoms with Gasteiger partial charge in [0, 0.05) is 17.9 Å². The first-order valence-electron chi connectivity index (χ1n) is 7.13. The van der Waals surface area contributed by atoms with Crippen LogP contribution in [0.5, 0.6) is 0 Å². The van der Waals surface area contributed by atoms with Gasteiger partial charge in [-0.3, -0.25) is 4.79 Å². The number of ether oxygens (including phenoxy) is 2. The molecule has 1 unspecified atom stereocenters. The molecule has 0 aliphatic carbocycles. The number of azide groups is 1. The Bertz CT molecular complexity index is 293. The normalized spacial score (nSPS) is 11.7. The number of unbranched alkanes of at least 4 members (excludes halogenated alkanes) is 4. The first-order chi connectivity index (χ1) is 9.70. The van der Waals surface area contributed by atoms with E-state index >= 15 is 0 Å². The predicted octanol–water partition coefficient (Wildman–Crippen LogP) is 2.58. The summed E-state index contributed by atoms with van der Waals surface area (Å²) in [6, 6.07) is 0. The highest BCUT2D eigenvalue weighted by molar-refractivity contribution is 5.69. The van der Waals surface area contributed by atoms with Gasteiger partial charge in [-0.25, -0.2) is 0 Å². The second-order valence-corrected chi connectivity index (χ2v) is 4.46. The maximum Gasteiger partial charge on any atom is 0.305 e. The van der Waals surface area contributed by atoms with Gasteiger partial charge in [-0.2, -0.15) is 0 Å². The summed E-state index contributed by atoms with van der Waals surface area (Å²) in [5, 5.41) is 12.6. The van der Waals surface area contributed by atoms with Crippen molar-refractivity contribution in [2.24, 2.45) is 5.11 Å². The molecule has 0 rings (SSSR count). The molecule has 1 N–H and O–H groups in total. The van der Waals surface area contributed by atoms with Crippen LogP contribution < -0.4 is 0 Å². The lowest BCUT2D eigenvalue weighted by atomic mass is 10.1. The fourth-order valence-electron chi connectivity index (χ4n) is 1.64. The minimum atomic E-state index is -0.726. The molecule has 0 saturated heterocycles. The van der Waals surface area contributed by atoms with E-state index in [1.807, 2.05) is 6.92 Å². The Morgan fingerprint density at radius 1 is 1.30 bits per heavy atom. The molecule has 0 spiro atoms. The van der Waals surface area contributed by atoms with Gasteiger partial charge in [0.05, 0.1) is 25.9 Å². The Balaban J connectivity index is 3.20. The van der Waals surface area contributed by atoms with Gasteiger partial charge in [0.2, 0.25) is 0 Å². The first kappa shape index (κ1) is 18.7. The van der Waals surface area contributed by atoms with Crippen molar-refractivity contribution >= 4 is 5.97 Å². The molecule has 0 amide bonds. The van der Waals surface area contributed by atoms with Crippen molar-refractivity contribution in [3.8, 4) is 0 Å². The van der Waals surface area contributed by atoms with Crippen LogP contribution in [0.1, 0.15) is 45.4 Å². The Hall–Kier alpha value is -1.30.